The molecular formula is C10H15ClN4S. The first-order chi connectivity index (χ1) is 7.78. The second-order valence-corrected chi connectivity index (χ2v) is 4.91. The molecule has 1 saturated heterocycles. The molecule has 0 amide bonds. The maximum atomic E-state index is 5.93. The average molecular weight is 259 g/mol. The third-order valence-corrected chi connectivity index (χ3v) is 3.25. The van der Waals surface area contributed by atoms with Crippen LogP contribution in [0, 0.1) is 0 Å². The highest BCUT2D eigenvalue weighted by molar-refractivity contribution is 7.98. The van der Waals surface area contributed by atoms with Gasteiger partial charge in [0.05, 0.1) is 0 Å². The fourth-order valence-corrected chi connectivity index (χ4v) is 2.36. The van der Waals surface area contributed by atoms with Crippen molar-refractivity contribution in [3.63, 3.8) is 0 Å². The van der Waals surface area contributed by atoms with Gasteiger partial charge in [0.25, 0.3) is 0 Å². The van der Waals surface area contributed by atoms with Gasteiger partial charge in [-0.1, -0.05) is 23.4 Å². The van der Waals surface area contributed by atoms with Gasteiger partial charge in [0.1, 0.15) is 11.0 Å². The van der Waals surface area contributed by atoms with Gasteiger partial charge in [-0.3, -0.25) is 0 Å². The molecule has 6 heteroatoms. The molecule has 0 aromatic carbocycles. The molecular weight excluding hydrogens is 244 g/mol. The molecule has 0 saturated carbocycles. The van der Waals surface area contributed by atoms with E-state index in [1.165, 1.54) is 24.6 Å². The normalized spacial score (nSPS) is 20.8. The molecule has 2 rings (SSSR count). The van der Waals surface area contributed by atoms with Crippen molar-refractivity contribution >= 4 is 29.2 Å². The van der Waals surface area contributed by atoms with E-state index in [-0.39, 0.29) is 0 Å². The van der Waals surface area contributed by atoms with Crippen LogP contribution in [0.1, 0.15) is 12.8 Å². The quantitative estimate of drug-likeness (QED) is 0.494. The molecule has 0 aliphatic carbocycles. The molecule has 0 radical (unpaired) electrons. The Kier molecular flexibility index (Phi) is 4.26. The summed E-state index contributed by atoms with van der Waals surface area (Å²) in [6.45, 7) is 2.09. The van der Waals surface area contributed by atoms with E-state index in [2.05, 4.69) is 20.6 Å². The standard InChI is InChI=1S/C10H15ClN4S/c1-16-10-14-8(11)5-9(15-10)13-7-3-2-4-12-6-7/h5,7,12H,2-4,6H2,1H3,(H,13,14,15)/t7-/m0/s1. The summed E-state index contributed by atoms with van der Waals surface area (Å²) in [5.41, 5.74) is 0. The summed E-state index contributed by atoms with van der Waals surface area (Å²) in [7, 11) is 0. The lowest BCUT2D eigenvalue weighted by Gasteiger charge is -2.24. The number of rotatable bonds is 3. The van der Waals surface area contributed by atoms with Crippen molar-refractivity contribution in [3.8, 4) is 0 Å². The van der Waals surface area contributed by atoms with Crippen LogP contribution >= 0.6 is 23.4 Å². The number of thioether (sulfide) groups is 1. The van der Waals surface area contributed by atoms with Crippen molar-refractivity contribution in [3.05, 3.63) is 11.2 Å². The van der Waals surface area contributed by atoms with E-state index in [0.29, 0.717) is 16.4 Å². The van der Waals surface area contributed by atoms with Gasteiger partial charge in [-0.25, -0.2) is 9.97 Å². The number of aromatic nitrogens is 2. The van der Waals surface area contributed by atoms with E-state index in [9.17, 15) is 0 Å². The molecule has 4 nitrogen and oxygen atoms in total. The first-order valence-corrected chi connectivity index (χ1v) is 6.94. The number of hydrogen-bond donors (Lipinski definition) is 2. The number of anilines is 1. The maximum absolute atomic E-state index is 5.93. The second-order valence-electron chi connectivity index (χ2n) is 3.75. The lowest BCUT2D eigenvalue weighted by Crippen LogP contribution is -2.38. The lowest BCUT2D eigenvalue weighted by atomic mass is 10.1. The van der Waals surface area contributed by atoms with Crippen LogP contribution in [0.15, 0.2) is 11.2 Å². The number of nitrogens with zero attached hydrogens (tertiary/aromatic N) is 2. The lowest BCUT2D eigenvalue weighted by molar-refractivity contribution is 0.478. The molecule has 2 N–H and O–H groups in total. The van der Waals surface area contributed by atoms with Gasteiger partial charge >= 0.3 is 0 Å². The van der Waals surface area contributed by atoms with Crippen molar-refractivity contribution in [2.24, 2.45) is 0 Å². The summed E-state index contributed by atoms with van der Waals surface area (Å²) in [5, 5.41) is 7.94. The Morgan fingerprint density at radius 3 is 3.12 bits per heavy atom. The fourth-order valence-electron chi connectivity index (χ4n) is 1.75. The van der Waals surface area contributed by atoms with E-state index >= 15 is 0 Å². The first-order valence-electron chi connectivity index (χ1n) is 5.34. The average Bonchev–Trinajstić information content (AvgIpc) is 2.29. The molecule has 2 heterocycles. The third kappa shape index (κ3) is 3.23. The Morgan fingerprint density at radius 2 is 2.44 bits per heavy atom. The zero-order valence-electron chi connectivity index (χ0n) is 9.16. The summed E-state index contributed by atoms with van der Waals surface area (Å²) in [6, 6.07) is 2.21. The summed E-state index contributed by atoms with van der Waals surface area (Å²) in [4.78, 5) is 8.48. The highest BCUT2D eigenvalue weighted by atomic mass is 35.5. The molecule has 0 spiro atoms. The Labute approximate surface area is 105 Å². The van der Waals surface area contributed by atoms with Crippen molar-refractivity contribution in [1.29, 1.82) is 0 Å². The molecule has 1 fully saturated rings. The fraction of sp³-hybridized carbons (Fsp3) is 0.600. The Hall–Kier alpha value is -0.520. The van der Waals surface area contributed by atoms with Crippen LogP contribution in [0.4, 0.5) is 5.82 Å². The summed E-state index contributed by atoms with van der Waals surface area (Å²) in [5.74, 6) is 0.818. The van der Waals surface area contributed by atoms with Crippen molar-refractivity contribution in [2.75, 3.05) is 24.7 Å². The second kappa shape index (κ2) is 5.70. The molecule has 1 aromatic heterocycles. The Bertz CT molecular complexity index is 355. The van der Waals surface area contributed by atoms with E-state index < -0.39 is 0 Å². The van der Waals surface area contributed by atoms with Crippen molar-refractivity contribution in [2.45, 2.75) is 24.0 Å². The van der Waals surface area contributed by atoms with Crippen molar-refractivity contribution in [1.82, 2.24) is 15.3 Å². The minimum Gasteiger partial charge on any atom is -0.366 e. The van der Waals surface area contributed by atoms with Crippen LogP contribution in [-0.2, 0) is 0 Å². The molecule has 16 heavy (non-hydrogen) atoms. The maximum Gasteiger partial charge on any atom is 0.190 e. The number of nitrogens with one attached hydrogen (secondary N) is 2. The molecule has 88 valence electrons. The zero-order valence-corrected chi connectivity index (χ0v) is 10.7. The van der Waals surface area contributed by atoms with Crippen LogP contribution in [0.2, 0.25) is 5.15 Å². The zero-order chi connectivity index (χ0) is 11.4. The van der Waals surface area contributed by atoms with Gasteiger partial charge in [0, 0.05) is 18.7 Å². The van der Waals surface area contributed by atoms with Gasteiger partial charge in [-0.2, -0.15) is 0 Å². The Balaban J connectivity index is 2.04. The topological polar surface area (TPSA) is 49.8 Å². The van der Waals surface area contributed by atoms with E-state index in [1.54, 1.807) is 6.07 Å². The minimum atomic E-state index is 0.439. The van der Waals surface area contributed by atoms with Gasteiger partial charge in [-0.05, 0) is 25.6 Å². The van der Waals surface area contributed by atoms with Crippen LogP contribution < -0.4 is 10.6 Å². The molecule has 0 bridgehead atoms. The van der Waals surface area contributed by atoms with Gasteiger partial charge in [0.2, 0.25) is 0 Å². The van der Waals surface area contributed by atoms with Crippen LogP contribution in [0.3, 0.4) is 0 Å². The summed E-state index contributed by atoms with van der Waals surface area (Å²) >= 11 is 7.42. The predicted octanol–water partition coefficient (Wildman–Crippen LogP) is 2.02. The highest BCUT2D eigenvalue weighted by Gasteiger charge is 2.13. The number of hydrogen-bond acceptors (Lipinski definition) is 5. The van der Waals surface area contributed by atoms with Crippen LogP contribution in [0.5, 0.6) is 0 Å². The minimum absolute atomic E-state index is 0.439. The molecule has 1 aliphatic heterocycles. The van der Waals surface area contributed by atoms with Crippen LogP contribution in [-0.4, -0.2) is 35.4 Å². The summed E-state index contributed by atoms with van der Waals surface area (Å²) in [6.07, 6.45) is 4.31. The van der Waals surface area contributed by atoms with E-state index in [1.807, 2.05) is 6.26 Å². The summed E-state index contributed by atoms with van der Waals surface area (Å²) < 4.78 is 0. The predicted molar refractivity (Wildman–Crippen MR) is 68.3 cm³/mol. The smallest absolute Gasteiger partial charge is 0.190 e. The van der Waals surface area contributed by atoms with Gasteiger partial charge in [0.15, 0.2) is 5.16 Å². The number of piperidine rings is 1. The molecule has 0 unspecified atom stereocenters. The number of halogens is 1. The molecule has 1 aromatic rings. The SMILES string of the molecule is CSc1nc(Cl)cc(N[C@H]2CCCNC2)n1. The van der Waals surface area contributed by atoms with E-state index in [0.717, 1.165) is 18.9 Å². The Morgan fingerprint density at radius 1 is 1.56 bits per heavy atom. The van der Waals surface area contributed by atoms with Gasteiger partial charge < -0.3 is 10.6 Å². The monoisotopic (exact) mass is 258 g/mol. The largest absolute Gasteiger partial charge is 0.366 e. The first kappa shape index (κ1) is 12.0. The van der Waals surface area contributed by atoms with Gasteiger partial charge in [-0.15, -0.1) is 0 Å². The van der Waals surface area contributed by atoms with E-state index in [4.69, 9.17) is 11.6 Å². The third-order valence-electron chi connectivity index (χ3n) is 2.51. The van der Waals surface area contributed by atoms with Crippen LogP contribution in [0.25, 0.3) is 0 Å². The highest BCUT2D eigenvalue weighted by Crippen LogP contribution is 2.18. The molecule has 1 aliphatic rings. The molecule has 1 atom stereocenters. The van der Waals surface area contributed by atoms with Crippen molar-refractivity contribution < 1.29 is 0 Å².